The van der Waals surface area contributed by atoms with Crippen molar-refractivity contribution in [1.29, 1.82) is 0 Å². The lowest BCUT2D eigenvalue weighted by molar-refractivity contribution is -0.137. The lowest BCUT2D eigenvalue weighted by Gasteiger charge is -2.06. The van der Waals surface area contributed by atoms with E-state index in [1.807, 2.05) is 19.1 Å². The van der Waals surface area contributed by atoms with Crippen LogP contribution in [-0.2, 0) is 4.79 Å². The highest BCUT2D eigenvalue weighted by Crippen LogP contribution is 2.12. The smallest absolute Gasteiger partial charge is 0.303 e. The minimum atomic E-state index is -0.723. The van der Waals surface area contributed by atoms with Gasteiger partial charge in [0.1, 0.15) is 0 Å². The van der Waals surface area contributed by atoms with Crippen LogP contribution >= 0.6 is 15.9 Å². The van der Waals surface area contributed by atoms with Crippen molar-refractivity contribution in [2.24, 2.45) is 5.92 Å². The summed E-state index contributed by atoms with van der Waals surface area (Å²) in [6, 6.07) is 0. The molecule has 1 unspecified atom stereocenters. The normalized spacial score (nSPS) is 13.6. The molecule has 0 aromatic carbocycles. The van der Waals surface area contributed by atoms with Gasteiger partial charge in [-0.15, -0.1) is 0 Å². The number of aliphatic carboxylic acids is 1. The van der Waals surface area contributed by atoms with Gasteiger partial charge in [0.05, 0.1) is 0 Å². The third kappa shape index (κ3) is 6.10. The molecule has 0 spiro atoms. The molecule has 0 bridgehead atoms. The maximum atomic E-state index is 10.3. The van der Waals surface area contributed by atoms with Crippen molar-refractivity contribution in [2.45, 2.75) is 19.8 Å². The Kier molecular flexibility index (Phi) is 6.22. The minimum Gasteiger partial charge on any atom is -0.481 e. The van der Waals surface area contributed by atoms with Crippen molar-refractivity contribution in [3.8, 4) is 0 Å². The van der Waals surface area contributed by atoms with Gasteiger partial charge < -0.3 is 5.11 Å². The molecule has 0 saturated heterocycles. The maximum absolute atomic E-state index is 10.3. The fourth-order valence-electron chi connectivity index (χ4n) is 0.776. The van der Waals surface area contributed by atoms with Crippen molar-refractivity contribution in [2.75, 3.05) is 5.33 Å². The first kappa shape index (κ1) is 10.7. The molecule has 0 amide bonds. The summed E-state index contributed by atoms with van der Waals surface area (Å²) in [5.74, 6) is -0.498. The van der Waals surface area contributed by atoms with E-state index in [1.54, 1.807) is 0 Å². The summed E-state index contributed by atoms with van der Waals surface area (Å²) >= 11 is 3.28. The highest BCUT2D eigenvalue weighted by Gasteiger charge is 2.09. The zero-order valence-corrected chi connectivity index (χ0v) is 8.17. The first-order valence-electron chi connectivity index (χ1n) is 3.59. The Hall–Kier alpha value is -0.310. The number of rotatable bonds is 5. The highest BCUT2D eigenvalue weighted by atomic mass is 79.9. The molecule has 0 aliphatic carbocycles. The first-order valence-corrected chi connectivity index (χ1v) is 4.71. The van der Waals surface area contributed by atoms with Crippen LogP contribution in [0.25, 0.3) is 0 Å². The molecule has 0 aliphatic heterocycles. The highest BCUT2D eigenvalue weighted by molar-refractivity contribution is 9.09. The molecule has 3 heteroatoms. The molecule has 64 valence electrons. The van der Waals surface area contributed by atoms with E-state index in [9.17, 15) is 4.79 Å². The monoisotopic (exact) mass is 220 g/mol. The summed E-state index contributed by atoms with van der Waals surface area (Å²) < 4.78 is 0. The Balaban J connectivity index is 3.66. The van der Waals surface area contributed by atoms with Crippen molar-refractivity contribution in [3.05, 3.63) is 12.2 Å². The predicted molar refractivity (Wildman–Crippen MR) is 49.0 cm³/mol. The van der Waals surface area contributed by atoms with Crippen molar-refractivity contribution >= 4 is 21.9 Å². The molecule has 0 saturated carbocycles. The fourth-order valence-corrected chi connectivity index (χ4v) is 1.27. The van der Waals surface area contributed by atoms with Gasteiger partial charge in [-0.1, -0.05) is 28.1 Å². The van der Waals surface area contributed by atoms with Crippen LogP contribution in [0, 0.1) is 5.92 Å². The molecule has 0 aromatic rings. The van der Waals surface area contributed by atoms with Crippen molar-refractivity contribution in [1.82, 2.24) is 0 Å². The second-order valence-corrected chi connectivity index (χ2v) is 3.07. The molecular formula is C8H13BrO2. The number of alkyl halides is 1. The molecule has 11 heavy (non-hydrogen) atoms. The van der Waals surface area contributed by atoms with Gasteiger partial charge >= 0.3 is 5.97 Å². The minimum absolute atomic E-state index is 0.226. The number of carboxylic acid groups (broad SMARTS) is 1. The molecule has 2 nitrogen and oxygen atoms in total. The van der Waals surface area contributed by atoms with E-state index in [-0.39, 0.29) is 12.3 Å². The van der Waals surface area contributed by atoms with Gasteiger partial charge in [-0.25, -0.2) is 0 Å². The molecule has 1 atom stereocenters. The number of carboxylic acids is 1. The summed E-state index contributed by atoms with van der Waals surface area (Å²) in [5, 5.41) is 9.22. The zero-order valence-electron chi connectivity index (χ0n) is 6.59. The lowest BCUT2D eigenvalue weighted by Crippen LogP contribution is -2.07. The Morgan fingerprint density at radius 1 is 1.73 bits per heavy atom. The van der Waals surface area contributed by atoms with Crippen LogP contribution in [0.15, 0.2) is 12.2 Å². The maximum Gasteiger partial charge on any atom is 0.303 e. The quantitative estimate of drug-likeness (QED) is 0.571. The number of hydrogen-bond donors (Lipinski definition) is 1. The average molecular weight is 221 g/mol. The molecule has 0 heterocycles. The van der Waals surface area contributed by atoms with E-state index >= 15 is 0 Å². The summed E-state index contributed by atoms with van der Waals surface area (Å²) in [6.45, 7) is 1.94. The molecule has 0 fully saturated rings. The van der Waals surface area contributed by atoms with Crippen LogP contribution in [-0.4, -0.2) is 16.4 Å². The number of hydrogen-bond acceptors (Lipinski definition) is 1. The molecule has 0 aliphatic rings. The average Bonchev–Trinajstić information content (AvgIpc) is 1.97. The zero-order chi connectivity index (χ0) is 8.69. The Morgan fingerprint density at radius 3 is 2.73 bits per heavy atom. The number of carbonyl (C=O) groups is 1. The summed E-state index contributed by atoms with van der Waals surface area (Å²) in [7, 11) is 0. The van der Waals surface area contributed by atoms with E-state index in [4.69, 9.17) is 5.11 Å². The van der Waals surface area contributed by atoms with Gasteiger partial charge in [-0.2, -0.15) is 0 Å². The van der Waals surface area contributed by atoms with E-state index in [1.165, 1.54) is 0 Å². The van der Waals surface area contributed by atoms with Gasteiger partial charge in [0.2, 0.25) is 0 Å². The van der Waals surface area contributed by atoms with Crippen molar-refractivity contribution in [3.63, 3.8) is 0 Å². The van der Waals surface area contributed by atoms with Gasteiger partial charge in [-0.3, -0.25) is 4.79 Å². The molecule has 0 rings (SSSR count). The van der Waals surface area contributed by atoms with Crippen LogP contribution < -0.4 is 0 Å². The summed E-state index contributed by atoms with van der Waals surface area (Å²) in [5.41, 5.74) is 0. The second kappa shape index (κ2) is 6.40. The van der Waals surface area contributed by atoms with Crippen LogP contribution in [0.2, 0.25) is 0 Å². The second-order valence-electron chi connectivity index (χ2n) is 2.42. The van der Waals surface area contributed by atoms with E-state index in [2.05, 4.69) is 15.9 Å². The number of halogens is 1. The third-order valence-electron chi connectivity index (χ3n) is 1.39. The van der Waals surface area contributed by atoms with Gasteiger partial charge in [-0.05, 0) is 19.3 Å². The van der Waals surface area contributed by atoms with E-state index in [0.717, 1.165) is 11.8 Å². The molecule has 1 N–H and O–H groups in total. The number of allylic oxidation sites excluding steroid dienone is 2. The summed E-state index contributed by atoms with van der Waals surface area (Å²) in [6.07, 6.45) is 5.02. The molecule has 0 aromatic heterocycles. The van der Waals surface area contributed by atoms with E-state index < -0.39 is 5.97 Å². The standard InChI is InChI=1S/C8H13BrO2/c1-2-3-4-7(6-9)5-8(10)11/h2-3,7H,4-6H2,1H3,(H,10,11). The predicted octanol–water partition coefficient (Wildman–Crippen LogP) is 2.44. The van der Waals surface area contributed by atoms with Gasteiger partial charge in [0.15, 0.2) is 0 Å². The van der Waals surface area contributed by atoms with Crippen LogP contribution in [0.3, 0.4) is 0 Å². The topological polar surface area (TPSA) is 37.3 Å². The Morgan fingerprint density at radius 2 is 2.36 bits per heavy atom. The SMILES string of the molecule is CC=CCC(CBr)CC(=O)O. The Bertz CT molecular complexity index is 143. The van der Waals surface area contributed by atoms with Crippen LogP contribution in [0.4, 0.5) is 0 Å². The van der Waals surface area contributed by atoms with Gasteiger partial charge in [0, 0.05) is 11.8 Å². The van der Waals surface area contributed by atoms with Crippen LogP contribution in [0.5, 0.6) is 0 Å². The molecule has 0 radical (unpaired) electrons. The Labute approximate surface area is 75.4 Å². The third-order valence-corrected chi connectivity index (χ3v) is 2.30. The first-order chi connectivity index (χ1) is 5.20. The van der Waals surface area contributed by atoms with Gasteiger partial charge in [0.25, 0.3) is 0 Å². The lowest BCUT2D eigenvalue weighted by atomic mass is 10.0. The van der Waals surface area contributed by atoms with Crippen molar-refractivity contribution < 1.29 is 9.90 Å². The van der Waals surface area contributed by atoms with E-state index in [0.29, 0.717) is 0 Å². The fraction of sp³-hybridized carbons (Fsp3) is 0.625. The summed E-state index contributed by atoms with van der Waals surface area (Å²) in [4.78, 5) is 10.3. The molecular weight excluding hydrogens is 208 g/mol. The largest absolute Gasteiger partial charge is 0.481 e. The van der Waals surface area contributed by atoms with Crippen LogP contribution in [0.1, 0.15) is 19.8 Å².